The summed E-state index contributed by atoms with van der Waals surface area (Å²) in [5.41, 5.74) is 13.0. The van der Waals surface area contributed by atoms with Crippen LogP contribution in [-0.2, 0) is 0 Å². The summed E-state index contributed by atoms with van der Waals surface area (Å²) in [5.74, 6) is -0.213. The molecule has 1 aliphatic rings. The number of fused-ring (bicyclic) bond motifs is 1. The molecule has 5 heteroatoms. The van der Waals surface area contributed by atoms with Crippen molar-refractivity contribution in [1.29, 1.82) is 0 Å². The second kappa shape index (κ2) is 7.84. The van der Waals surface area contributed by atoms with Crippen LogP contribution in [0.4, 0.5) is 15.8 Å². The fourth-order valence-corrected chi connectivity index (χ4v) is 4.01. The van der Waals surface area contributed by atoms with Gasteiger partial charge in [0.05, 0.1) is 11.6 Å². The highest BCUT2D eigenvalue weighted by Gasteiger charge is 2.16. The maximum Gasteiger partial charge on any atom is 0.131 e. The smallest absolute Gasteiger partial charge is 0.131 e. The first-order valence-corrected chi connectivity index (χ1v) is 10.1. The number of anilines is 2. The molecule has 1 atom stereocenters. The fraction of sp³-hybridized carbons (Fsp3) is 0.292. The maximum atomic E-state index is 14.7. The van der Waals surface area contributed by atoms with Gasteiger partial charge in [-0.25, -0.2) is 4.39 Å². The summed E-state index contributed by atoms with van der Waals surface area (Å²) in [4.78, 5) is 4.68. The third kappa shape index (κ3) is 3.96. The van der Waals surface area contributed by atoms with Crippen molar-refractivity contribution in [2.75, 3.05) is 24.1 Å². The van der Waals surface area contributed by atoms with Crippen molar-refractivity contribution in [3.63, 3.8) is 0 Å². The highest BCUT2D eigenvalue weighted by Crippen LogP contribution is 2.32. The van der Waals surface area contributed by atoms with Crippen molar-refractivity contribution in [2.45, 2.75) is 33.2 Å². The van der Waals surface area contributed by atoms with Crippen LogP contribution in [0, 0.1) is 19.7 Å². The van der Waals surface area contributed by atoms with E-state index < -0.39 is 0 Å². The number of rotatable bonds is 4. The van der Waals surface area contributed by atoms with E-state index in [0.29, 0.717) is 16.8 Å². The average molecular weight is 391 g/mol. The van der Waals surface area contributed by atoms with E-state index in [4.69, 9.17) is 5.73 Å². The van der Waals surface area contributed by atoms with Gasteiger partial charge >= 0.3 is 0 Å². The minimum atomic E-state index is -0.232. The Hall–Kier alpha value is -2.92. The van der Waals surface area contributed by atoms with Crippen LogP contribution in [0.15, 0.2) is 42.5 Å². The van der Waals surface area contributed by atoms with Gasteiger partial charge in [-0.1, -0.05) is 12.1 Å². The Bertz CT molecular complexity index is 1100. The lowest BCUT2D eigenvalue weighted by atomic mass is 9.97. The number of aryl methyl sites for hydroxylation is 2. The van der Waals surface area contributed by atoms with Crippen molar-refractivity contribution in [2.24, 2.45) is 0 Å². The van der Waals surface area contributed by atoms with Gasteiger partial charge in [-0.3, -0.25) is 4.98 Å². The Morgan fingerprint density at radius 2 is 2.00 bits per heavy atom. The molecule has 0 saturated carbocycles. The first kappa shape index (κ1) is 19.4. The molecule has 2 aromatic carbocycles. The molecule has 1 unspecified atom stereocenters. The molecule has 0 radical (unpaired) electrons. The standard InChI is InChI=1S/C24H27FN4/c1-14-10-19(26)13-20(24(14)25)16(3)29-23-11-15(2)28-22-5-4-18(12-21(22)23)17-6-8-27-9-7-17/h4-6,10-13,16,27H,7-9,26H2,1-3H3,(H,28,29). The van der Waals surface area contributed by atoms with Crippen molar-refractivity contribution >= 4 is 27.9 Å². The predicted molar refractivity (Wildman–Crippen MR) is 120 cm³/mol. The van der Waals surface area contributed by atoms with Crippen LogP contribution in [0.2, 0.25) is 0 Å². The number of nitrogen functional groups attached to an aromatic ring is 1. The van der Waals surface area contributed by atoms with E-state index in [1.165, 1.54) is 11.1 Å². The fourth-order valence-electron chi connectivity index (χ4n) is 4.01. The quantitative estimate of drug-likeness (QED) is 0.541. The Kier molecular flexibility index (Phi) is 5.24. The molecule has 2 heterocycles. The molecular formula is C24H27FN4. The Balaban J connectivity index is 1.75. The minimum Gasteiger partial charge on any atom is -0.399 e. The van der Waals surface area contributed by atoms with E-state index in [9.17, 15) is 4.39 Å². The molecule has 0 amide bonds. The van der Waals surface area contributed by atoms with E-state index in [1.807, 2.05) is 19.9 Å². The average Bonchev–Trinajstić information content (AvgIpc) is 2.71. The molecule has 1 aromatic heterocycles. The van der Waals surface area contributed by atoms with Crippen molar-refractivity contribution < 1.29 is 4.39 Å². The minimum absolute atomic E-state index is 0.213. The van der Waals surface area contributed by atoms with E-state index >= 15 is 0 Å². The van der Waals surface area contributed by atoms with Crippen molar-refractivity contribution in [3.8, 4) is 0 Å². The molecule has 0 spiro atoms. The van der Waals surface area contributed by atoms with Gasteiger partial charge in [0.15, 0.2) is 0 Å². The Morgan fingerprint density at radius 1 is 1.17 bits per heavy atom. The van der Waals surface area contributed by atoms with Crippen LogP contribution in [0.25, 0.3) is 16.5 Å². The van der Waals surface area contributed by atoms with Crippen LogP contribution in [0.5, 0.6) is 0 Å². The monoisotopic (exact) mass is 390 g/mol. The van der Waals surface area contributed by atoms with Gasteiger partial charge in [-0.15, -0.1) is 0 Å². The van der Waals surface area contributed by atoms with Crippen molar-refractivity contribution in [1.82, 2.24) is 10.3 Å². The lowest BCUT2D eigenvalue weighted by Crippen LogP contribution is -2.20. The summed E-state index contributed by atoms with van der Waals surface area (Å²) < 4.78 is 14.7. The third-order valence-corrected chi connectivity index (χ3v) is 5.51. The summed E-state index contributed by atoms with van der Waals surface area (Å²) in [7, 11) is 0. The number of benzene rings is 2. The molecule has 4 N–H and O–H groups in total. The lowest BCUT2D eigenvalue weighted by Gasteiger charge is -2.20. The van der Waals surface area contributed by atoms with Crippen molar-refractivity contribution in [3.05, 3.63) is 70.7 Å². The second-order valence-electron chi connectivity index (χ2n) is 7.83. The summed E-state index contributed by atoms with van der Waals surface area (Å²) in [6.07, 6.45) is 3.25. The molecule has 0 bridgehead atoms. The zero-order valence-electron chi connectivity index (χ0n) is 17.1. The van der Waals surface area contributed by atoms with E-state index in [2.05, 4.69) is 39.9 Å². The number of nitrogens with two attached hydrogens (primary N) is 1. The zero-order valence-corrected chi connectivity index (χ0v) is 17.1. The molecule has 1 aliphatic heterocycles. The molecular weight excluding hydrogens is 363 g/mol. The molecule has 29 heavy (non-hydrogen) atoms. The van der Waals surface area contributed by atoms with Crippen LogP contribution in [-0.4, -0.2) is 18.1 Å². The second-order valence-corrected chi connectivity index (χ2v) is 7.83. The van der Waals surface area contributed by atoms with Gasteiger partial charge in [-0.2, -0.15) is 0 Å². The Morgan fingerprint density at radius 3 is 2.76 bits per heavy atom. The first-order chi connectivity index (χ1) is 13.9. The molecule has 150 valence electrons. The van der Waals surface area contributed by atoms with Gasteiger partial charge in [0.2, 0.25) is 0 Å². The van der Waals surface area contributed by atoms with Gasteiger partial charge in [0.25, 0.3) is 0 Å². The molecule has 0 fully saturated rings. The first-order valence-electron chi connectivity index (χ1n) is 10.1. The molecule has 4 rings (SSSR count). The summed E-state index contributed by atoms with van der Waals surface area (Å²) in [6.45, 7) is 7.57. The maximum absolute atomic E-state index is 14.7. The normalized spacial score (nSPS) is 15.2. The highest BCUT2D eigenvalue weighted by molar-refractivity contribution is 5.94. The van der Waals surface area contributed by atoms with Gasteiger partial charge in [0.1, 0.15) is 5.82 Å². The number of pyridine rings is 1. The molecule has 4 nitrogen and oxygen atoms in total. The summed E-state index contributed by atoms with van der Waals surface area (Å²) in [6, 6.07) is 11.6. The number of nitrogens with one attached hydrogen (secondary N) is 2. The summed E-state index contributed by atoms with van der Waals surface area (Å²) in [5, 5.41) is 7.89. The SMILES string of the molecule is Cc1cc(NC(C)c2cc(N)cc(C)c2F)c2cc(C3=CCNCC3)ccc2n1. The molecule has 0 aliphatic carbocycles. The van der Waals surface area contributed by atoms with E-state index in [-0.39, 0.29) is 11.9 Å². The van der Waals surface area contributed by atoms with Crippen LogP contribution >= 0.6 is 0 Å². The van der Waals surface area contributed by atoms with E-state index in [0.717, 1.165) is 41.8 Å². The lowest BCUT2D eigenvalue weighted by molar-refractivity contribution is 0.592. The van der Waals surface area contributed by atoms with E-state index in [1.54, 1.807) is 19.1 Å². The number of hydrogen-bond donors (Lipinski definition) is 3. The molecule has 3 aromatic rings. The largest absolute Gasteiger partial charge is 0.399 e. The van der Waals surface area contributed by atoms with Gasteiger partial charge in [-0.05, 0) is 80.8 Å². The zero-order chi connectivity index (χ0) is 20.5. The Labute approximate surface area is 171 Å². The number of nitrogens with zero attached hydrogens (tertiary/aromatic N) is 1. The van der Waals surface area contributed by atoms with Crippen LogP contribution in [0.3, 0.4) is 0 Å². The predicted octanol–water partition coefficient (Wildman–Crippen LogP) is 5.12. The topological polar surface area (TPSA) is 63.0 Å². The van der Waals surface area contributed by atoms with Crippen LogP contribution in [0.1, 0.15) is 41.8 Å². The van der Waals surface area contributed by atoms with Gasteiger partial charge < -0.3 is 16.4 Å². The number of halogens is 1. The highest BCUT2D eigenvalue weighted by atomic mass is 19.1. The van der Waals surface area contributed by atoms with Gasteiger partial charge in [0, 0.05) is 34.6 Å². The van der Waals surface area contributed by atoms with Crippen LogP contribution < -0.4 is 16.4 Å². The number of hydrogen-bond acceptors (Lipinski definition) is 4. The summed E-state index contributed by atoms with van der Waals surface area (Å²) >= 11 is 0. The third-order valence-electron chi connectivity index (χ3n) is 5.51. The molecule has 0 saturated heterocycles. The number of aromatic nitrogens is 1.